The predicted octanol–water partition coefficient (Wildman–Crippen LogP) is 4.69. The molecule has 0 spiro atoms. The lowest BCUT2D eigenvalue weighted by atomic mass is 9.96. The van der Waals surface area contributed by atoms with E-state index in [-0.39, 0.29) is 41.5 Å². The Bertz CT molecular complexity index is 1790. The lowest BCUT2D eigenvalue weighted by molar-refractivity contribution is -0.139. The number of aromatic nitrogens is 5. The molecule has 2 aliphatic heterocycles. The van der Waals surface area contributed by atoms with Crippen molar-refractivity contribution < 1.29 is 14.4 Å². The molecule has 1 aromatic carbocycles. The first-order chi connectivity index (χ1) is 21.3. The van der Waals surface area contributed by atoms with Crippen molar-refractivity contribution in [2.24, 2.45) is 5.41 Å². The standard InChI is InChI=1S/C34H41N7O3/c1-4-28(43)27-15-34-16-29(34)41(27)31(44)19-40-33-23(10-8-6-5-7-9-11-35-20-34)13-24(14-26(33)32(38-40)22(3)42)25-17-36-30-12-21(2)37-39(30)18-25/h12-14,17-18,27,29,35H,4-11,15-16,19-20H2,1-3H3/t27-,29+,34-/m0/s1. The molecule has 10 nitrogen and oxygen atoms in total. The molecule has 2 bridgehead atoms. The van der Waals surface area contributed by atoms with Crippen molar-refractivity contribution in [3.63, 3.8) is 0 Å². The topological polar surface area (TPSA) is 114 Å². The summed E-state index contributed by atoms with van der Waals surface area (Å²) >= 11 is 0. The van der Waals surface area contributed by atoms with Crippen molar-refractivity contribution in [2.75, 3.05) is 13.1 Å². The Balaban J connectivity index is 1.33. The van der Waals surface area contributed by atoms with Crippen LogP contribution in [0.15, 0.2) is 30.6 Å². The third kappa shape index (κ3) is 5.02. The van der Waals surface area contributed by atoms with E-state index in [4.69, 9.17) is 5.10 Å². The molecule has 44 heavy (non-hydrogen) atoms. The molecule has 3 aliphatic rings. The lowest BCUT2D eigenvalue weighted by Gasteiger charge is -2.26. The highest BCUT2D eigenvalue weighted by atomic mass is 16.2. The fourth-order valence-electron chi connectivity index (χ4n) is 7.68. The van der Waals surface area contributed by atoms with E-state index in [1.165, 1.54) is 13.3 Å². The quantitative estimate of drug-likeness (QED) is 0.341. The summed E-state index contributed by atoms with van der Waals surface area (Å²) in [6.45, 7) is 7.17. The van der Waals surface area contributed by atoms with Gasteiger partial charge in [0.05, 0.1) is 17.3 Å². The minimum atomic E-state index is -0.388. The first-order valence-corrected chi connectivity index (χ1v) is 16.2. The highest BCUT2D eigenvalue weighted by molar-refractivity contribution is 6.07. The van der Waals surface area contributed by atoms with E-state index in [1.54, 1.807) is 9.20 Å². The average Bonchev–Trinajstić information content (AvgIpc) is 3.26. The second kappa shape index (κ2) is 11.2. The number of carbonyl (C=O) groups is 3. The molecular formula is C34H41N7O3. The monoisotopic (exact) mass is 595 g/mol. The Hall–Kier alpha value is -3.92. The summed E-state index contributed by atoms with van der Waals surface area (Å²) in [7, 11) is 0. The van der Waals surface area contributed by atoms with Gasteiger partial charge < -0.3 is 10.2 Å². The summed E-state index contributed by atoms with van der Waals surface area (Å²) in [6.07, 6.45) is 12.3. The molecule has 10 heteroatoms. The Morgan fingerprint density at radius 3 is 2.68 bits per heavy atom. The molecule has 1 saturated heterocycles. The van der Waals surface area contributed by atoms with Gasteiger partial charge in [-0.1, -0.05) is 26.2 Å². The second-order valence-corrected chi connectivity index (χ2v) is 13.1. The van der Waals surface area contributed by atoms with Gasteiger partial charge in [0.25, 0.3) is 0 Å². The molecule has 1 amide bonds. The van der Waals surface area contributed by atoms with Crippen molar-refractivity contribution in [2.45, 2.75) is 97.2 Å². The van der Waals surface area contributed by atoms with Crippen molar-refractivity contribution in [1.82, 2.24) is 34.6 Å². The number of ketones is 2. The van der Waals surface area contributed by atoms with Gasteiger partial charge in [0.2, 0.25) is 5.91 Å². The van der Waals surface area contributed by atoms with Crippen LogP contribution in [-0.2, 0) is 22.6 Å². The number of rotatable bonds is 4. The molecule has 5 heterocycles. The van der Waals surface area contributed by atoms with Crippen LogP contribution in [0, 0.1) is 12.3 Å². The number of benzene rings is 1. The number of Topliss-reactive ketones (excluding diaryl/α,β-unsaturated/α-hetero) is 2. The minimum absolute atomic E-state index is 0.00368. The summed E-state index contributed by atoms with van der Waals surface area (Å²) in [6, 6.07) is 5.79. The Kier molecular flexibility index (Phi) is 7.35. The SMILES string of the molecule is CCC(=O)[C@@H]1C[C@]23CNCCCCCCCc4cc(-c5cnc6cc(C)nn6c5)cc5c(C(C)=O)nn(c45)CC(=O)N1[C@@H]2C3. The first kappa shape index (κ1) is 28.8. The number of nitrogens with one attached hydrogen (secondary N) is 1. The van der Waals surface area contributed by atoms with Crippen LogP contribution >= 0.6 is 0 Å². The molecule has 1 N–H and O–H groups in total. The van der Waals surface area contributed by atoms with Crippen LogP contribution in [-0.4, -0.2) is 71.9 Å². The summed E-state index contributed by atoms with van der Waals surface area (Å²) in [5.74, 6) is -0.115. The highest BCUT2D eigenvalue weighted by Crippen LogP contribution is 2.59. The van der Waals surface area contributed by atoms with E-state index in [2.05, 4.69) is 21.5 Å². The molecule has 230 valence electrons. The van der Waals surface area contributed by atoms with E-state index < -0.39 is 0 Å². The summed E-state index contributed by atoms with van der Waals surface area (Å²) in [5.41, 5.74) is 5.76. The Morgan fingerprint density at radius 1 is 1.05 bits per heavy atom. The van der Waals surface area contributed by atoms with Crippen LogP contribution < -0.4 is 5.32 Å². The van der Waals surface area contributed by atoms with Crippen molar-refractivity contribution >= 4 is 34.0 Å². The lowest BCUT2D eigenvalue weighted by Crippen LogP contribution is -2.44. The molecule has 3 atom stereocenters. The number of hydrogen-bond donors (Lipinski definition) is 1. The largest absolute Gasteiger partial charge is 0.327 e. The van der Waals surface area contributed by atoms with Crippen LogP contribution in [0.2, 0.25) is 0 Å². The van der Waals surface area contributed by atoms with E-state index in [0.29, 0.717) is 12.1 Å². The van der Waals surface area contributed by atoms with Gasteiger partial charge in [0.1, 0.15) is 12.2 Å². The fraction of sp³-hybridized carbons (Fsp3) is 0.529. The number of piperidine rings is 1. The molecular weight excluding hydrogens is 554 g/mol. The zero-order valence-electron chi connectivity index (χ0n) is 25.9. The van der Waals surface area contributed by atoms with Crippen LogP contribution in [0.1, 0.15) is 87.0 Å². The van der Waals surface area contributed by atoms with Gasteiger partial charge in [-0.15, -0.1) is 0 Å². The zero-order chi connectivity index (χ0) is 30.6. The van der Waals surface area contributed by atoms with Crippen LogP contribution in [0.4, 0.5) is 0 Å². The van der Waals surface area contributed by atoms with E-state index >= 15 is 0 Å². The van der Waals surface area contributed by atoms with Gasteiger partial charge in [-0.25, -0.2) is 9.50 Å². The molecule has 3 aromatic heterocycles. The number of fused-ring (bicyclic) bond motifs is 1. The average molecular weight is 596 g/mol. The van der Waals surface area contributed by atoms with E-state index in [9.17, 15) is 14.4 Å². The van der Waals surface area contributed by atoms with Gasteiger partial charge in [0, 0.05) is 60.8 Å². The summed E-state index contributed by atoms with van der Waals surface area (Å²) in [5, 5.41) is 13.7. The van der Waals surface area contributed by atoms with E-state index in [1.807, 2.05) is 43.3 Å². The van der Waals surface area contributed by atoms with Crippen molar-refractivity contribution in [3.8, 4) is 11.1 Å². The normalized spacial score (nSPS) is 24.4. The summed E-state index contributed by atoms with van der Waals surface area (Å²) < 4.78 is 3.52. The molecule has 0 radical (unpaired) electrons. The van der Waals surface area contributed by atoms with Gasteiger partial charge in [-0.2, -0.15) is 10.2 Å². The highest BCUT2D eigenvalue weighted by Gasteiger charge is 2.66. The van der Waals surface area contributed by atoms with Gasteiger partial charge in [-0.3, -0.25) is 19.1 Å². The third-order valence-electron chi connectivity index (χ3n) is 10.0. The molecule has 4 aromatic rings. The van der Waals surface area contributed by atoms with E-state index in [0.717, 1.165) is 97.0 Å². The molecule has 1 saturated carbocycles. The molecule has 2 fully saturated rings. The maximum atomic E-state index is 14.1. The van der Waals surface area contributed by atoms with Crippen LogP contribution in [0.3, 0.4) is 0 Å². The number of nitrogens with zero attached hydrogens (tertiary/aromatic N) is 6. The Labute approximate surface area is 257 Å². The first-order valence-electron chi connectivity index (χ1n) is 16.2. The fourth-order valence-corrected chi connectivity index (χ4v) is 7.68. The van der Waals surface area contributed by atoms with Crippen LogP contribution in [0.5, 0.6) is 0 Å². The summed E-state index contributed by atoms with van der Waals surface area (Å²) in [4.78, 5) is 46.6. The zero-order valence-corrected chi connectivity index (χ0v) is 25.9. The van der Waals surface area contributed by atoms with Crippen LogP contribution in [0.25, 0.3) is 27.7 Å². The third-order valence-corrected chi connectivity index (χ3v) is 10.0. The molecule has 7 rings (SSSR count). The van der Waals surface area contributed by atoms with Gasteiger partial charge in [0.15, 0.2) is 17.2 Å². The Morgan fingerprint density at radius 2 is 1.86 bits per heavy atom. The van der Waals surface area contributed by atoms with Crippen molar-refractivity contribution in [1.29, 1.82) is 0 Å². The number of carbonyl (C=O) groups excluding carboxylic acids is 3. The van der Waals surface area contributed by atoms with Crippen molar-refractivity contribution in [3.05, 3.63) is 47.5 Å². The van der Waals surface area contributed by atoms with Gasteiger partial charge >= 0.3 is 0 Å². The maximum absolute atomic E-state index is 14.1. The number of hydrogen-bond acceptors (Lipinski definition) is 7. The maximum Gasteiger partial charge on any atom is 0.245 e. The number of aryl methyl sites for hydroxylation is 2. The second-order valence-electron chi connectivity index (χ2n) is 13.1. The van der Waals surface area contributed by atoms with Gasteiger partial charge in [-0.05, 0) is 68.8 Å². The predicted molar refractivity (Wildman–Crippen MR) is 168 cm³/mol. The number of amides is 1. The smallest absolute Gasteiger partial charge is 0.245 e. The molecule has 1 aliphatic carbocycles. The minimum Gasteiger partial charge on any atom is -0.327 e. The molecule has 0 unspecified atom stereocenters.